The first-order valence-electron chi connectivity index (χ1n) is 7.29. The van der Waals surface area contributed by atoms with Crippen LogP contribution in [-0.4, -0.2) is 62.8 Å². The monoisotopic (exact) mass is 357 g/mol. The first-order valence-corrected chi connectivity index (χ1v) is 9.35. The second kappa shape index (κ2) is 7.63. The van der Waals surface area contributed by atoms with Crippen molar-refractivity contribution in [2.24, 2.45) is 0 Å². The van der Waals surface area contributed by atoms with Gasteiger partial charge < -0.3 is 19.9 Å². The van der Waals surface area contributed by atoms with E-state index in [9.17, 15) is 18.0 Å². The molecule has 1 amide bonds. The summed E-state index contributed by atoms with van der Waals surface area (Å²) in [5.41, 5.74) is 0.146. The number of ether oxygens (including phenoxy) is 2. The lowest BCUT2D eigenvalue weighted by Gasteiger charge is -2.32. The van der Waals surface area contributed by atoms with Crippen molar-refractivity contribution >= 4 is 21.7 Å². The summed E-state index contributed by atoms with van der Waals surface area (Å²) in [6.45, 7) is 0.670. The molecule has 8 nitrogen and oxygen atoms in total. The Morgan fingerprint density at radius 1 is 1.33 bits per heavy atom. The number of nitrogens with one attached hydrogen (secondary N) is 1. The Hall–Kier alpha value is -2.13. The van der Waals surface area contributed by atoms with Gasteiger partial charge in [0.25, 0.3) is 0 Å². The molecular formula is C15H19NO7S. The molecule has 1 heterocycles. The quantitative estimate of drug-likeness (QED) is 0.740. The van der Waals surface area contributed by atoms with Crippen LogP contribution in [0.1, 0.15) is 16.8 Å². The second-order valence-electron chi connectivity index (χ2n) is 5.59. The van der Waals surface area contributed by atoms with Gasteiger partial charge >= 0.3 is 5.97 Å². The minimum atomic E-state index is -3.41. The van der Waals surface area contributed by atoms with Crippen LogP contribution in [0.25, 0.3) is 0 Å². The number of carboxylic acid groups (broad SMARTS) is 1. The largest absolute Gasteiger partial charge is 0.488 e. The molecule has 0 spiro atoms. The maximum absolute atomic E-state index is 11.8. The number of hydrogen-bond acceptors (Lipinski definition) is 6. The number of carbonyl (C=O) groups is 2. The number of aromatic carboxylic acids is 1. The van der Waals surface area contributed by atoms with Gasteiger partial charge in [-0.3, -0.25) is 4.79 Å². The Balaban J connectivity index is 2.00. The molecule has 1 aliphatic heterocycles. The molecule has 0 aliphatic carbocycles. The molecule has 2 atom stereocenters. The van der Waals surface area contributed by atoms with Gasteiger partial charge in [0.15, 0.2) is 9.84 Å². The number of sulfone groups is 1. The van der Waals surface area contributed by atoms with Gasteiger partial charge in [-0.05, 0) is 24.3 Å². The Bertz CT molecular complexity index is 699. The molecule has 1 aromatic carbocycles. The zero-order valence-corrected chi connectivity index (χ0v) is 13.9. The van der Waals surface area contributed by atoms with Crippen LogP contribution in [0.15, 0.2) is 24.3 Å². The predicted molar refractivity (Wildman–Crippen MR) is 84.9 cm³/mol. The molecule has 24 heavy (non-hydrogen) atoms. The van der Waals surface area contributed by atoms with Gasteiger partial charge in [0.1, 0.15) is 17.6 Å². The van der Waals surface area contributed by atoms with Gasteiger partial charge in [-0.25, -0.2) is 13.2 Å². The van der Waals surface area contributed by atoms with Crippen molar-refractivity contribution in [3.8, 4) is 5.75 Å². The van der Waals surface area contributed by atoms with E-state index in [1.165, 1.54) is 24.3 Å². The Labute approximate surface area is 139 Å². The molecule has 0 aromatic heterocycles. The third kappa shape index (κ3) is 5.50. The smallest absolute Gasteiger partial charge is 0.335 e. The highest BCUT2D eigenvalue weighted by molar-refractivity contribution is 7.91. The average molecular weight is 357 g/mol. The number of hydrogen-bond donors (Lipinski definition) is 2. The predicted octanol–water partition coefficient (Wildman–Crippen LogP) is 0.0819. The summed E-state index contributed by atoms with van der Waals surface area (Å²) in [6, 6.07) is 5.44. The second-order valence-corrected chi connectivity index (χ2v) is 7.73. The first kappa shape index (κ1) is 18.2. The molecule has 2 N–H and O–H groups in total. The number of carboxylic acids is 1. The van der Waals surface area contributed by atoms with Crippen LogP contribution in [0.5, 0.6) is 5.75 Å². The van der Waals surface area contributed by atoms with E-state index in [0.717, 1.165) is 6.26 Å². The van der Waals surface area contributed by atoms with Crippen LogP contribution in [0, 0.1) is 0 Å². The van der Waals surface area contributed by atoms with E-state index in [4.69, 9.17) is 14.6 Å². The summed E-state index contributed by atoms with van der Waals surface area (Å²) in [5, 5.41) is 11.5. The summed E-state index contributed by atoms with van der Waals surface area (Å²) in [4.78, 5) is 22.6. The zero-order valence-electron chi connectivity index (χ0n) is 13.1. The van der Waals surface area contributed by atoms with Gasteiger partial charge in [0, 0.05) is 12.7 Å². The molecule has 1 aliphatic rings. The summed E-state index contributed by atoms with van der Waals surface area (Å²) in [5.74, 6) is -1.76. The van der Waals surface area contributed by atoms with Crippen LogP contribution in [0.4, 0.5) is 0 Å². The minimum Gasteiger partial charge on any atom is -0.488 e. The molecule has 0 radical (unpaired) electrons. The molecule has 0 bridgehead atoms. The summed E-state index contributed by atoms with van der Waals surface area (Å²) < 4.78 is 33.4. The summed E-state index contributed by atoms with van der Waals surface area (Å²) >= 11 is 0. The van der Waals surface area contributed by atoms with Crippen molar-refractivity contribution in [3.05, 3.63) is 29.8 Å². The number of carbonyl (C=O) groups excluding carboxylic acids is 1. The van der Waals surface area contributed by atoms with Crippen molar-refractivity contribution < 1.29 is 32.6 Å². The van der Waals surface area contributed by atoms with Crippen molar-refractivity contribution in [2.75, 3.05) is 25.2 Å². The SMILES string of the molecule is CS(=O)(=O)CC(=O)N[C@@H]1COCC[C@H]1Oc1ccc(C(=O)O)cc1. The maximum atomic E-state index is 11.8. The fraction of sp³-hybridized carbons (Fsp3) is 0.467. The third-order valence-corrected chi connectivity index (χ3v) is 4.21. The molecule has 1 aromatic rings. The molecule has 1 fully saturated rings. The lowest BCUT2D eigenvalue weighted by molar-refractivity contribution is -0.121. The highest BCUT2D eigenvalue weighted by atomic mass is 32.2. The molecule has 132 valence electrons. The van der Waals surface area contributed by atoms with E-state index in [2.05, 4.69) is 5.32 Å². The number of benzene rings is 1. The van der Waals surface area contributed by atoms with Crippen LogP contribution < -0.4 is 10.1 Å². The highest BCUT2D eigenvalue weighted by Gasteiger charge is 2.29. The fourth-order valence-corrected chi connectivity index (χ4v) is 2.89. The lowest BCUT2D eigenvalue weighted by Crippen LogP contribution is -2.52. The van der Waals surface area contributed by atoms with Crippen LogP contribution in [0.2, 0.25) is 0 Å². The van der Waals surface area contributed by atoms with Gasteiger partial charge in [-0.1, -0.05) is 0 Å². The van der Waals surface area contributed by atoms with E-state index in [1.807, 2.05) is 0 Å². The topological polar surface area (TPSA) is 119 Å². The van der Waals surface area contributed by atoms with Gasteiger partial charge in [-0.2, -0.15) is 0 Å². The molecule has 1 saturated heterocycles. The molecular weight excluding hydrogens is 338 g/mol. The third-order valence-electron chi connectivity index (χ3n) is 3.42. The van der Waals surface area contributed by atoms with E-state index < -0.39 is 39.6 Å². The van der Waals surface area contributed by atoms with Crippen molar-refractivity contribution in [1.82, 2.24) is 5.32 Å². The van der Waals surface area contributed by atoms with Crippen LogP contribution in [0.3, 0.4) is 0 Å². The summed E-state index contributed by atoms with van der Waals surface area (Å²) in [7, 11) is -3.41. The normalized spacial score (nSPS) is 21.0. The van der Waals surface area contributed by atoms with Gasteiger partial charge in [-0.15, -0.1) is 0 Å². The van der Waals surface area contributed by atoms with E-state index in [1.54, 1.807) is 0 Å². The Morgan fingerprint density at radius 2 is 2.00 bits per heavy atom. The van der Waals surface area contributed by atoms with E-state index >= 15 is 0 Å². The van der Waals surface area contributed by atoms with E-state index in [-0.39, 0.29) is 12.2 Å². The summed E-state index contributed by atoms with van der Waals surface area (Å²) in [6.07, 6.45) is 1.12. The van der Waals surface area contributed by atoms with Gasteiger partial charge in [0.05, 0.1) is 24.8 Å². The minimum absolute atomic E-state index is 0.146. The van der Waals surface area contributed by atoms with Crippen LogP contribution in [-0.2, 0) is 19.4 Å². The Morgan fingerprint density at radius 3 is 2.58 bits per heavy atom. The Kier molecular flexibility index (Phi) is 5.79. The highest BCUT2D eigenvalue weighted by Crippen LogP contribution is 2.19. The molecule has 9 heteroatoms. The zero-order chi connectivity index (χ0) is 17.7. The van der Waals surface area contributed by atoms with Gasteiger partial charge in [0.2, 0.25) is 5.91 Å². The number of amides is 1. The first-order chi connectivity index (χ1) is 11.2. The lowest BCUT2D eigenvalue weighted by atomic mass is 10.1. The van der Waals surface area contributed by atoms with Crippen molar-refractivity contribution in [3.63, 3.8) is 0 Å². The average Bonchev–Trinajstić information content (AvgIpc) is 2.48. The van der Waals surface area contributed by atoms with Crippen molar-refractivity contribution in [1.29, 1.82) is 0 Å². The molecule has 2 rings (SSSR count). The fourth-order valence-electron chi connectivity index (χ4n) is 2.33. The standard InChI is InChI=1S/C15H19NO7S/c1-24(20,21)9-14(17)16-12-8-22-7-6-13(12)23-11-4-2-10(3-5-11)15(18)19/h2-5,12-13H,6-9H2,1H3,(H,16,17)(H,18,19)/t12-,13-/m1/s1. The molecule has 0 unspecified atom stereocenters. The molecule has 0 saturated carbocycles. The maximum Gasteiger partial charge on any atom is 0.335 e. The number of rotatable bonds is 6. The van der Waals surface area contributed by atoms with E-state index in [0.29, 0.717) is 18.8 Å². The van der Waals surface area contributed by atoms with Crippen molar-refractivity contribution in [2.45, 2.75) is 18.6 Å². The van der Waals surface area contributed by atoms with Crippen LogP contribution >= 0.6 is 0 Å².